The molecular formula is H2S37. The Balaban J connectivity index is 3.00. The molecule has 37 heavy (non-hydrogen) atoms. The fourth-order valence-corrected chi connectivity index (χ4v) is 91.5. The number of rotatable bonds is 34. The van der Waals surface area contributed by atoms with Crippen LogP contribution in [0.25, 0.3) is 0 Å². The van der Waals surface area contributed by atoms with Gasteiger partial charge in [0, 0.05) is 187 Å². The van der Waals surface area contributed by atoms with Gasteiger partial charge in [-0.25, -0.2) is 0 Å². The second-order valence-electron chi connectivity index (χ2n) is 2.39. The van der Waals surface area contributed by atoms with Gasteiger partial charge in [-0.1, -0.05) is 23.3 Å². The Morgan fingerprint density at radius 2 is 0.216 bits per heavy atom. The third-order valence-electron chi connectivity index (χ3n) is 0.950. The summed E-state index contributed by atoms with van der Waals surface area (Å²) in [7, 11) is 62.5. The Morgan fingerprint density at radius 3 is 0.297 bits per heavy atom. The van der Waals surface area contributed by atoms with E-state index in [1.54, 1.807) is 98.3 Å². The highest BCUT2D eigenvalue weighted by atomic mass is 34.1. The minimum absolute atomic E-state index is 1.49. The molecule has 0 nitrogen and oxygen atoms in total. The van der Waals surface area contributed by atoms with E-state index in [0.717, 1.165) is 0 Å². The highest BCUT2D eigenvalue weighted by Gasteiger charge is 2.02. The van der Waals surface area contributed by atoms with E-state index in [1.165, 1.54) is 19.7 Å². The van der Waals surface area contributed by atoms with Crippen molar-refractivity contribution in [3.8, 4) is 0 Å². The second kappa shape index (κ2) is 48.9. The van der Waals surface area contributed by atoms with Gasteiger partial charge in [0.15, 0.2) is 0 Å². The summed E-state index contributed by atoms with van der Waals surface area (Å²) < 4.78 is 0. The van der Waals surface area contributed by atoms with E-state index in [1.807, 2.05) is 226 Å². The molecule has 0 saturated heterocycles. The van der Waals surface area contributed by atoms with E-state index in [0.29, 0.717) is 0 Å². The number of hydrogen-bond acceptors (Lipinski definition) is 37. The average molecular weight is 1190 g/mol. The molecule has 37 heteroatoms. The first-order valence-corrected chi connectivity index (χ1v) is 54.3. The van der Waals surface area contributed by atoms with Crippen LogP contribution in [0, 0.1) is 0 Å². The van der Waals surface area contributed by atoms with Gasteiger partial charge in [-0.05, 0) is 157 Å². The molecule has 0 radical (unpaired) electrons. The Hall–Kier alpha value is 12.9. The summed E-state index contributed by atoms with van der Waals surface area (Å²) in [5.74, 6) is 0. The first-order valence-electron chi connectivity index (χ1n) is 6.03. The molecule has 0 aromatic carbocycles. The van der Waals surface area contributed by atoms with Gasteiger partial charge in [0.1, 0.15) is 0 Å². The lowest BCUT2D eigenvalue weighted by molar-refractivity contribution is 5.60. The molecule has 0 amide bonds. The Morgan fingerprint density at radius 1 is 0.135 bits per heavy atom. The minimum atomic E-state index is 1.49. The summed E-state index contributed by atoms with van der Waals surface area (Å²) in [4.78, 5) is 0. The first-order chi connectivity index (χ1) is 18.4. The molecular weight excluding hydrogens is 1190 g/mol. The predicted octanol–water partition coefficient (Wildman–Crippen LogP) is 23.4. The molecule has 0 aliphatic rings. The summed E-state index contributed by atoms with van der Waals surface area (Å²) >= 11 is 8.16. The molecule has 0 aromatic heterocycles. The van der Waals surface area contributed by atoms with Crippen LogP contribution < -0.4 is 0 Å². The molecule has 0 fully saturated rings. The lowest BCUT2D eigenvalue weighted by Crippen LogP contribution is -1.34. The maximum absolute atomic E-state index is 4.08. The fourth-order valence-electron chi connectivity index (χ4n) is 0.376. The second-order valence-corrected chi connectivity index (χ2v) is 64.6. The van der Waals surface area contributed by atoms with Gasteiger partial charge in [0.05, 0.1) is 0 Å². The van der Waals surface area contributed by atoms with Crippen LogP contribution in [0.15, 0.2) is 0 Å². The number of thiol groups is 2. The van der Waals surface area contributed by atoms with Gasteiger partial charge in [0.25, 0.3) is 0 Å². The molecule has 0 N–H and O–H groups in total. The fraction of sp³-hybridized carbons (Fsp3) is 0. The van der Waals surface area contributed by atoms with Gasteiger partial charge in [-0.15, -0.1) is 0 Å². The van der Waals surface area contributed by atoms with Crippen LogP contribution in [-0.2, 0) is 0 Å². The van der Waals surface area contributed by atoms with Gasteiger partial charge in [-0.3, -0.25) is 0 Å². The van der Waals surface area contributed by atoms with Crippen LogP contribution in [0.2, 0.25) is 0 Å². The van der Waals surface area contributed by atoms with E-state index in [-0.39, 0.29) is 0 Å². The van der Waals surface area contributed by atoms with E-state index in [4.69, 9.17) is 0 Å². The molecule has 224 valence electrons. The van der Waals surface area contributed by atoms with E-state index in [9.17, 15) is 0 Å². The topological polar surface area (TPSA) is 0 Å². The number of hydrogen-bond donors (Lipinski definition) is 2. The van der Waals surface area contributed by atoms with Crippen molar-refractivity contribution in [3.63, 3.8) is 0 Å². The minimum Gasteiger partial charge on any atom is -0.0988 e. The molecule has 0 heterocycles. The Bertz CT molecular complexity index is 325. The van der Waals surface area contributed by atoms with Crippen LogP contribution in [0.4, 0.5) is 0 Å². The summed E-state index contributed by atoms with van der Waals surface area (Å²) in [6.07, 6.45) is 0. The van der Waals surface area contributed by atoms with Crippen molar-refractivity contribution >= 4 is 367 Å². The quantitative estimate of drug-likeness (QED) is 0.0356. The van der Waals surface area contributed by atoms with E-state index >= 15 is 0 Å². The molecule has 0 rings (SSSR count). The maximum Gasteiger partial charge on any atom is 0 e. The SMILES string of the molecule is SSSSSSSSSSSSSSSSSSSSSSSSSSSSSSSSSSSSS. The van der Waals surface area contributed by atoms with Gasteiger partial charge >= 0.3 is 0 Å². The van der Waals surface area contributed by atoms with E-state index in [2.05, 4.69) is 23.3 Å². The zero-order valence-electron chi connectivity index (χ0n) is 15.2. The molecule has 0 saturated carbocycles. The van der Waals surface area contributed by atoms with Gasteiger partial charge in [-0.2, -0.15) is 0 Å². The van der Waals surface area contributed by atoms with Gasteiger partial charge < -0.3 is 0 Å². The molecule has 0 aromatic rings. The largest absolute Gasteiger partial charge is 0.0988 e. The van der Waals surface area contributed by atoms with Crippen molar-refractivity contribution in [2.45, 2.75) is 0 Å². The lowest BCUT2D eigenvalue weighted by Gasteiger charge is -1.99. The van der Waals surface area contributed by atoms with Crippen molar-refractivity contribution in [1.29, 1.82) is 0 Å². The van der Waals surface area contributed by atoms with Crippen molar-refractivity contribution in [1.82, 2.24) is 0 Å². The zero-order valence-corrected chi connectivity index (χ0v) is 45.5. The van der Waals surface area contributed by atoms with Crippen molar-refractivity contribution in [2.75, 3.05) is 0 Å². The zero-order chi connectivity index (χ0) is 26.7. The van der Waals surface area contributed by atoms with Crippen molar-refractivity contribution in [2.24, 2.45) is 0 Å². The maximum atomic E-state index is 4.08. The summed E-state index contributed by atoms with van der Waals surface area (Å²) in [5, 5.41) is 0. The van der Waals surface area contributed by atoms with Crippen LogP contribution in [0.1, 0.15) is 0 Å². The highest BCUT2D eigenvalue weighted by molar-refractivity contribution is 9.61. The molecule has 0 unspecified atom stereocenters. The highest BCUT2D eigenvalue weighted by Crippen LogP contribution is 2.67. The van der Waals surface area contributed by atoms with Crippen molar-refractivity contribution < 1.29 is 0 Å². The molecule has 0 atom stereocenters. The monoisotopic (exact) mass is 1180 g/mol. The summed E-state index contributed by atoms with van der Waals surface area (Å²) in [6.45, 7) is 0. The lowest BCUT2D eigenvalue weighted by atomic mass is 30.1. The van der Waals surface area contributed by atoms with E-state index < -0.39 is 0 Å². The first kappa shape index (κ1) is 49.9. The average Bonchev–Trinajstić information content (AvgIpc) is 2.91. The van der Waals surface area contributed by atoms with Crippen molar-refractivity contribution in [3.05, 3.63) is 0 Å². The predicted molar refractivity (Wildman–Crippen MR) is 284 cm³/mol. The third-order valence-corrected chi connectivity index (χ3v) is 76.9. The Kier molecular flexibility index (Phi) is 66.1. The third kappa shape index (κ3) is 48.9. The smallest absolute Gasteiger partial charge is 0 e. The van der Waals surface area contributed by atoms with Crippen LogP contribution in [0.5, 0.6) is 0 Å². The Labute approximate surface area is 357 Å². The van der Waals surface area contributed by atoms with Crippen LogP contribution in [-0.4, -0.2) is 0 Å². The van der Waals surface area contributed by atoms with Crippen LogP contribution in [0.3, 0.4) is 0 Å². The summed E-state index contributed by atoms with van der Waals surface area (Å²) in [6, 6.07) is 0. The van der Waals surface area contributed by atoms with Gasteiger partial charge in [0.2, 0.25) is 0 Å². The summed E-state index contributed by atoms with van der Waals surface area (Å²) in [5.41, 5.74) is 0. The molecule has 0 aliphatic heterocycles. The standard InChI is InChI=1S/H2S37/c1-3-5-7-9-11-13-15-17-19-21-23-25-27-29-31-33-35-37-36-34-32-30-28-26-24-22-20-18-16-14-12-10-8-6-4-2/h1-2H. The molecule has 0 bridgehead atoms. The molecule has 0 spiro atoms. The van der Waals surface area contributed by atoms with Crippen LogP contribution >= 0.6 is 367 Å². The molecule has 0 aliphatic carbocycles. The normalized spacial score (nSPS) is 11.5.